The normalized spacial score (nSPS) is 11.8. The number of benzene rings is 4. The molecule has 0 heterocycles. The van der Waals surface area contributed by atoms with Gasteiger partial charge in [-0.15, -0.1) is 0 Å². The fourth-order valence-electron chi connectivity index (χ4n) is 4.75. The Morgan fingerprint density at radius 2 is 1.50 bits per heavy atom. The van der Waals surface area contributed by atoms with Gasteiger partial charge < -0.3 is 15.0 Å². The molecule has 230 valence electrons. The molecule has 0 saturated carbocycles. The van der Waals surface area contributed by atoms with Crippen LogP contribution in [0.1, 0.15) is 23.6 Å². The molecule has 0 unspecified atom stereocenters. The predicted octanol–water partition coefficient (Wildman–Crippen LogP) is 5.74. The van der Waals surface area contributed by atoms with E-state index in [9.17, 15) is 18.0 Å². The van der Waals surface area contributed by atoms with E-state index in [2.05, 4.69) is 21.2 Å². The van der Waals surface area contributed by atoms with Crippen molar-refractivity contribution in [2.75, 3.05) is 24.5 Å². The molecular weight excluding hydrogens is 642 g/mol. The van der Waals surface area contributed by atoms with E-state index in [1.807, 2.05) is 68.4 Å². The molecule has 1 N–H and O–H groups in total. The molecule has 0 spiro atoms. The van der Waals surface area contributed by atoms with Gasteiger partial charge in [0.25, 0.3) is 10.0 Å². The number of likely N-dealkylation sites (N-methyl/N-ethyl adjacent to an activating group) is 1. The van der Waals surface area contributed by atoms with Crippen LogP contribution in [0.15, 0.2) is 112 Å². The molecule has 0 aliphatic heterocycles. The molecule has 2 amide bonds. The summed E-state index contributed by atoms with van der Waals surface area (Å²) >= 11 is 3.45. The highest BCUT2D eigenvalue weighted by Gasteiger charge is 2.34. The monoisotopic (exact) mass is 677 g/mol. The van der Waals surface area contributed by atoms with Gasteiger partial charge in [-0.05, 0) is 73.5 Å². The number of hydrogen-bond acceptors (Lipinski definition) is 5. The van der Waals surface area contributed by atoms with Gasteiger partial charge in [-0.2, -0.15) is 0 Å². The summed E-state index contributed by atoms with van der Waals surface area (Å²) in [5, 5.41) is 2.87. The first-order valence-corrected chi connectivity index (χ1v) is 16.4. The number of nitrogens with one attached hydrogen (secondary N) is 1. The highest BCUT2D eigenvalue weighted by molar-refractivity contribution is 9.10. The average Bonchev–Trinajstić information content (AvgIpc) is 3.03. The number of halogens is 1. The predicted molar refractivity (Wildman–Crippen MR) is 176 cm³/mol. The Morgan fingerprint density at radius 1 is 0.864 bits per heavy atom. The maximum atomic E-state index is 14.4. The Labute approximate surface area is 267 Å². The molecule has 4 rings (SSSR count). The minimum absolute atomic E-state index is 0.00990. The Hall–Kier alpha value is -4.15. The van der Waals surface area contributed by atoms with Crippen LogP contribution in [0.3, 0.4) is 0 Å². The molecule has 0 saturated heterocycles. The van der Waals surface area contributed by atoms with Crippen LogP contribution in [-0.2, 0) is 32.6 Å². The van der Waals surface area contributed by atoms with E-state index >= 15 is 0 Å². The SMILES string of the molecule is CCNC(=O)[C@H](Cc1ccccc1)N(Cc1ccc(Br)cc1)C(=O)CN(c1ccc(C)cc1)S(=O)(=O)c1ccc(OC)cc1. The topological polar surface area (TPSA) is 96.0 Å². The summed E-state index contributed by atoms with van der Waals surface area (Å²) in [5.74, 6) is -0.326. The second-order valence-electron chi connectivity index (χ2n) is 10.3. The third kappa shape index (κ3) is 8.27. The van der Waals surface area contributed by atoms with Gasteiger partial charge in [-0.3, -0.25) is 13.9 Å². The van der Waals surface area contributed by atoms with Gasteiger partial charge in [0.2, 0.25) is 11.8 Å². The van der Waals surface area contributed by atoms with Crippen molar-refractivity contribution in [3.05, 3.63) is 124 Å². The molecule has 1 atom stereocenters. The number of aryl methyl sites for hydroxylation is 1. The van der Waals surface area contributed by atoms with Crippen molar-refractivity contribution in [1.29, 1.82) is 0 Å². The molecule has 4 aromatic carbocycles. The first-order valence-electron chi connectivity index (χ1n) is 14.2. The Morgan fingerprint density at radius 3 is 2.09 bits per heavy atom. The fraction of sp³-hybridized carbons (Fsp3) is 0.235. The number of methoxy groups -OCH3 is 1. The van der Waals surface area contributed by atoms with E-state index in [1.54, 1.807) is 36.4 Å². The number of sulfonamides is 1. The Bertz CT molecular complexity index is 1650. The summed E-state index contributed by atoms with van der Waals surface area (Å²) in [7, 11) is -2.69. The lowest BCUT2D eigenvalue weighted by molar-refractivity contribution is -0.140. The third-order valence-electron chi connectivity index (χ3n) is 7.14. The largest absolute Gasteiger partial charge is 0.497 e. The van der Waals surface area contributed by atoms with Gasteiger partial charge in [0, 0.05) is 24.0 Å². The zero-order valence-electron chi connectivity index (χ0n) is 24.9. The van der Waals surface area contributed by atoms with Gasteiger partial charge in [-0.1, -0.05) is 76.1 Å². The molecule has 0 aliphatic rings. The molecule has 0 radical (unpaired) electrons. The van der Waals surface area contributed by atoms with Crippen molar-refractivity contribution in [3.63, 3.8) is 0 Å². The smallest absolute Gasteiger partial charge is 0.264 e. The van der Waals surface area contributed by atoms with E-state index in [4.69, 9.17) is 4.74 Å². The van der Waals surface area contributed by atoms with Gasteiger partial charge >= 0.3 is 0 Å². The molecule has 0 aromatic heterocycles. The van der Waals surface area contributed by atoms with Crippen LogP contribution >= 0.6 is 15.9 Å². The first kappa shape index (κ1) is 32.8. The Balaban J connectivity index is 1.78. The van der Waals surface area contributed by atoms with E-state index in [0.717, 1.165) is 25.5 Å². The summed E-state index contributed by atoms with van der Waals surface area (Å²) in [6, 6.07) is 29.0. The lowest BCUT2D eigenvalue weighted by Gasteiger charge is -2.34. The van der Waals surface area contributed by atoms with Gasteiger partial charge in [0.15, 0.2) is 0 Å². The number of carbonyl (C=O) groups excluding carboxylic acids is 2. The van der Waals surface area contributed by atoms with Crippen LogP contribution in [0.5, 0.6) is 5.75 Å². The molecular formula is C34H36BrN3O5S. The van der Waals surface area contributed by atoms with Crippen LogP contribution in [0.2, 0.25) is 0 Å². The number of amides is 2. The zero-order chi connectivity index (χ0) is 31.7. The van der Waals surface area contributed by atoms with Crippen molar-refractivity contribution in [2.45, 2.75) is 37.8 Å². The standard InChI is InChI=1S/C34H36BrN3O5S/c1-4-36-34(40)32(22-26-8-6-5-7-9-26)37(23-27-12-14-28(35)15-13-27)33(39)24-38(29-16-10-25(2)11-17-29)44(41,42)31-20-18-30(43-3)19-21-31/h5-21,32H,4,22-24H2,1-3H3,(H,36,40)/t32-/m0/s1. The second-order valence-corrected chi connectivity index (χ2v) is 13.0. The number of ether oxygens (including phenoxy) is 1. The highest BCUT2D eigenvalue weighted by Crippen LogP contribution is 2.27. The average molecular weight is 679 g/mol. The number of anilines is 1. The molecule has 44 heavy (non-hydrogen) atoms. The van der Waals surface area contributed by atoms with Crippen LogP contribution in [0.25, 0.3) is 0 Å². The van der Waals surface area contributed by atoms with E-state index in [1.165, 1.54) is 24.1 Å². The van der Waals surface area contributed by atoms with Gasteiger partial charge in [0.1, 0.15) is 18.3 Å². The maximum Gasteiger partial charge on any atom is 0.264 e. The van der Waals surface area contributed by atoms with Crippen molar-refractivity contribution in [3.8, 4) is 5.75 Å². The Kier molecular flexibility index (Phi) is 11.2. The highest BCUT2D eigenvalue weighted by atomic mass is 79.9. The van der Waals surface area contributed by atoms with Crippen LogP contribution in [0.4, 0.5) is 5.69 Å². The quantitative estimate of drug-likeness (QED) is 0.195. The van der Waals surface area contributed by atoms with Gasteiger partial charge in [-0.25, -0.2) is 8.42 Å². The first-order chi connectivity index (χ1) is 21.1. The number of rotatable bonds is 13. The van der Waals surface area contributed by atoms with Crippen molar-refractivity contribution >= 4 is 43.5 Å². The molecule has 10 heteroatoms. The second kappa shape index (κ2) is 15.0. The van der Waals surface area contributed by atoms with Crippen LogP contribution < -0.4 is 14.4 Å². The minimum Gasteiger partial charge on any atom is -0.497 e. The summed E-state index contributed by atoms with van der Waals surface area (Å²) in [5.41, 5.74) is 2.95. The van der Waals surface area contributed by atoms with Crippen LogP contribution in [0, 0.1) is 6.92 Å². The molecule has 0 aliphatic carbocycles. The van der Waals surface area contributed by atoms with E-state index in [-0.39, 0.29) is 23.8 Å². The zero-order valence-corrected chi connectivity index (χ0v) is 27.3. The number of hydrogen-bond donors (Lipinski definition) is 1. The number of carbonyl (C=O) groups is 2. The van der Waals surface area contributed by atoms with Crippen molar-refractivity contribution < 1.29 is 22.7 Å². The molecule has 0 fully saturated rings. The minimum atomic E-state index is -4.19. The molecule has 0 bridgehead atoms. The van der Waals surface area contributed by atoms with Crippen molar-refractivity contribution in [2.24, 2.45) is 0 Å². The lowest BCUT2D eigenvalue weighted by atomic mass is 10.0. The van der Waals surface area contributed by atoms with Gasteiger partial charge in [0.05, 0.1) is 17.7 Å². The van der Waals surface area contributed by atoms with Crippen molar-refractivity contribution in [1.82, 2.24) is 10.2 Å². The van der Waals surface area contributed by atoms with E-state index < -0.39 is 28.5 Å². The number of nitrogens with zero attached hydrogens (tertiary/aromatic N) is 2. The van der Waals surface area contributed by atoms with E-state index in [0.29, 0.717) is 18.0 Å². The molecule has 8 nitrogen and oxygen atoms in total. The summed E-state index contributed by atoms with van der Waals surface area (Å²) < 4.78 is 35.4. The van der Waals surface area contributed by atoms with Crippen LogP contribution in [-0.4, -0.2) is 51.4 Å². The summed E-state index contributed by atoms with van der Waals surface area (Å²) in [4.78, 5) is 29.4. The fourth-order valence-corrected chi connectivity index (χ4v) is 6.43. The lowest BCUT2D eigenvalue weighted by Crippen LogP contribution is -2.53. The summed E-state index contributed by atoms with van der Waals surface area (Å²) in [6.45, 7) is 3.69. The molecule has 4 aromatic rings. The maximum absolute atomic E-state index is 14.4. The third-order valence-corrected chi connectivity index (χ3v) is 9.45. The summed E-state index contributed by atoms with van der Waals surface area (Å²) in [6.07, 6.45) is 0.255.